The Morgan fingerprint density at radius 1 is 1.38 bits per heavy atom. The first kappa shape index (κ1) is 15.2. The highest BCUT2D eigenvalue weighted by Gasteiger charge is 2.18. The first-order valence-corrected chi connectivity index (χ1v) is 7.15. The summed E-state index contributed by atoms with van der Waals surface area (Å²) in [6.07, 6.45) is -0.211. The molecule has 0 aliphatic heterocycles. The van der Waals surface area contributed by atoms with Crippen molar-refractivity contribution in [2.24, 2.45) is 0 Å². The molecule has 0 amide bonds. The fourth-order valence-electron chi connectivity index (χ4n) is 1.59. The summed E-state index contributed by atoms with van der Waals surface area (Å²) in [7, 11) is 0. The van der Waals surface area contributed by atoms with E-state index in [0.717, 1.165) is 0 Å². The fraction of sp³-hybridized carbons (Fsp3) is 0.308. The van der Waals surface area contributed by atoms with Gasteiger partial charge in [0.15, 0.2) is 0 Å². The van der Waals surface area contributed by atoms with Crippen molar-refractivity contribution in [2.75, 3.05) is 11.6 Å². The zero-order valence-electron chi connectivity index (χ0n) is 12.0. The first-order chi connectivity index (χ1) is 9.88. The standard InChI is InChI=1S/C13H17N5O2S/c1-7(2)20-12(19)10-6-9(14)4-5-11(10)21-13-17-16-8(3)18(13)15/h4-7H,14-15H2,1-3H3. The molecular formula is C13H17N5O2S. The van der Waals surface area contributed by atoms with Crippen LogP contribution in [0.2, 0.25) is 0 Å². The number of ether oxygens (including phenoxy) is 1. The minimum Gasteiger partial charge on any atom is -0.459 e. The van der Waals surface area contributed by atoms with Gasteiger partial charge in [0.2, 0.25) is 5.16 Å². The lowest BCUT2D eigenvalue weighted by molar-refractivity contribution is 0.0374. The number of rotatable bonds is 4. The number of aryl methyl sites for hydroxylation is 1. The third-order valence-corrected chi connectivity index (χ3v) is 3.64. The van der Waals surface area contributed by atoms with Crippen molar-refractivity contribution < 1.29 is 9.53 Å². The van der Waals surface area contributed by atoms with Crippen LogP contribution in [0.25, 0.3) is 0 Å². The second-order valence-electron chi connectivity index (χ2n) is 4.71. The fourth-order valence-corrected chi connectivity index (χ4v) is 2.49. The minimum absolute atomic E-state index is 0.211. The lowest BCUT2D eigenvalue weighted by Crippen LogP contribution is -2.14. The topological polar surface area (TPSA) is 109 Å². The minimum atomic E-state index is -0.431. The number of hydrogen-bond donors (Lipinski definition) is 2. The van der Waals surface area contributed by atoms with E-state index in [4.69, 9.17) is 16.3 Å². The molecule has 1 aromatic heterocycles. The Bertz CT molecular complexity index is 669. The van der Waals surface area contributed by atoms with Gasteiger partial charge >= 0.3 is 5.97 Å². The third-order valence-electron chi connectivity index (χ3n) is 2.60. The number of nitrogens with zero attached hydrogens (tertiary/aromatic N) is 3. The third kappa shape index (κ3) is 3.46. The summed E-state index contributed by atoms with van der Waals surface area (Å²) in [5, 5.41) is 8.32. The van der Waals surface area contributed by atoms with Crippen molar-refractivity contribution in [2.45, 2.75) is 36.9 Å². The van der Waals surface area contributed by atoms with Gasteiger partial charge in [-0.15, -0.1) is 10.2 Å². The molecule has 0 aliphatic carbocycles. The second kappa shape index (κ2) is 6.04. The van der Waals surface area contributed by atoms with E-state index in [9.17, 15) is 4.79 Å². The predicted molar refractivity (Wildman–Crippen MR) is 80.4 cm³/mol. The largest absolute Gasteiger partial charge is 0.459 e. The van der Waals surface area contributed by atoms with Gasteiger partial charge < -0.3 is 16.3 Å². The van der Waals surface area contributed by atoms with Gasteiger partial charge in [-0.3, -0.25) is 0 Å². The molecule has 0 unspecified atom stereocenters. The zero-order chi connectivity index (χ0) is 15.6. The van der Waals surface area contributed by atoms with Crippen LogP contribution in [0.4, 0.5) is 5.69 Å². The highest BCUT2D eigenvalue weighted by atomic mass is 32.2. The molecule has 0 spiro atoms. The Labute approximate surface area is 126 Å². The molecule has 8 heteroatoms. The number of hydrogen-bond acceptors (Lipinski definition) is 7. The summed E-state index contributed by atoms with van der Waals surface area (Å²) in [6.45, 7) is 5.32. The number of carbonyl (C=O) groups is 1. The monoisotopic (exact) mass is 307 g/mol. The highest BCUT2D eigenvalue weighted by Crippen LogP contribution is 2.30. The molecule has 0 saturated heterocycles. The van der Waals surface area contributed by atoms with Gasteiger partial charge in [-0.2, -0.15) is 0 Å². The van der Waals surface area contributed by atoms with E-state index in [1.54, 1.807) is 39.0 Å². The van der Waals surface area contributed by atoms with Crippen LogP contribution in [0, 0.1) is 6.92 Å². The van der Waals surface area contributed by atoms with Gasteiger partial charge in [-0.1, -0.05) is 0 Å². The van der Waals surface area contributed by atoms with Crippen LogP contribution in [0.3, 0.4) is 0 Å². The van der Waals surface area contributed by atoms with Crippen LogP contribution in [0.15, 0.2) is 28.3 Å². The maximum Gasteiger partial charge on any atom is 0.339 e. The van der Waals surface area contributed by atoms with E-state index >= 15 is 0 Å². The van der Waals surface area contributed by atoms with Crippen molar-refractivity contribution in [1.29, 1.82) is 0 Å². The molecule has 4 N–H and O–H groups in total. The molecule has 2 rings (SSSR count). The maximum absolute atomic E-state index is 12.1. The lowest BCUT2D eigenvalue weighted by Gasteiger charge is -2.11. The van der Waals surface area contributed by atoms with Crippen LogP contribution < -0.4 is 11.6 Å². The van der Waals surface area contributed by atoms with E-state index < -0.39 is 5.97 Å². The number of anilines is 1. The summed E-state index contributed by atoms with van der Waals surface area (Å²) in [6, 6.07) is 5.02. The van der Waals surface area contributed by atoms with Crippen molar-refractivity contribution in [3.8, 4) is 0 Å². The number of nitrogens with two attached hydrogens (primary N) is 2. The van der Waals surface area contributed by atoms with E-state index in [1.807, 2.05) is 0 Å². The van der Waals surface area contributed by atoms with E-state index in [-0.39, 0.29) is 6.10 Å². The van der Waals surface area contributed by atoms with Gasteiger partial charge in [0.05, 0.1) is 11.7 Å². The van der Waals surface area contributed by atoms with Crippen molar-refractivity contribution >= 4 is 23.4 Å². The van der Waals surface area contributed by atoms with Crippen molar-refractivity contribution in [3.63, 3.8) is 0 Å². The normalized spacial score (nSPS) is 10.9. The van der Waals surface area contributed by atoms with E-state index in [1.165, 1.54) is 16.4 Å². The molecule has 112 valence electrons. The Morgan fingerprint density at radius 2 is 2.10 bits per heavy atom. The molecule has 1 aromatic carbocycles. The second-order valence-corrected chi connectivity index (χ2v) is 5.72. The van der Waals surface area contributed by atoms with Crippen molar-refractivity contribution in [3.05, 3.63) is 29.6 Å². The molecule has 0 atom stereocenters. The Balaban J connectivity index is 2.35. The van der Waals surface area contributed by atoms with Crippen LogP contribution in [-0.4, -0.2) is 26.9 Å². The Morgan fingerprint density at radius 3 is 2.67 bits per heavy atom. The van der Waals surface area contributed by atoms with Gasteiger partial charge in [-0.25, -0.2) is 9.47 Å². The van der Waals surface area contributed by atoms with Crippen LogP contribution in [-0.2, 0) is 4.74 Å². The van der Waals surface area contributed by atoms with Gasteiger partial charge in [0.25, 0.3) is 0 Å². The number of carbonyl (C=O) groups excluding carboxylic acids is 1. The molecule has 1 heterocycles. The molecular weight excluding hydrogens is 290 g/mol. The quantitative estimate of drug-likeness (QED) is 0.501. The highest BCUT2D eigenvalue weighted by molar-refractivity contribution is 7.99. The van der Waals surface area contributed by atoms with Crippen LogP contribution in [0.1, 0.15) is 30.0 Å². The summed E-state index contributed by atoms with van der Waals surface area (Å²) in [5.74, 6) is 5.97. The average Bonchev–Trinajstić information content (AvgIpc) is 2.72. The van der Waals surface area contributed by atoms with Gasteiger partial charge in [0, 0.05) is 10.6 Å². The smallest absolute Gasteiger partial charge is 0.339 e. The summed E-state index contributed by atoms with van der Waals surface area (Å²) >= 11 is 1.23. The molecule has 0 fully saturated rings. The van der Waals surface area contributed by atoms with Crippen molar-refractivity contribution in [1.82, 2.24) is 14.9 Å². The molecule has 0 aliphatic rings. The molecule has 0 bridgehead atoms. The van der Waals surface area contributed by atoms with Crippen LogP contribution >= 0.6 is 11.8 Å². The maximum atomic E-state index is 12.1. The molecule has 0 saturated carbocycles. The molecule has 7 nitrogen and oxygen atoms in total. The number of nitrogen functional groups attached to an aromatic ring is 2. The van der Waals surface area contributed by atoms with E-state index in [0.29, 0.717) is 27.1 Å². The Kier molecular flexibility index (Phi) is 4.37. The molecule has 0 radical (unpaired) electrons. The summed E-state index contributed by atoms with van der Waals surface area (Å²) < 4.78 is 6.58. The zero-order valence-corrected chi connectivity index (χ0v) is 12.8. The SMILES string of the molecule is Cc1nnc(Sc2ccc(N)cc2C(=O)OC(C)C)n1N. The lowest BCUT2D eigenvalue weighted by atomic mass is 10.2. The van der Waals surface area contributed by atoms with Gasteiger partial charge in [-0.05, 0) is 50.7 Å². The van der Waals surface area contributed by atoms with E-state index in [2.05, 4.69) is 10.2 Å². The van der Waals surface area contributed by atoms with Gasteiger partial charge in [0.1, 0.15) is 5.82 Å². The Hall–Kier alpha value is -2.22. The number of aromatic nitrogens is 3. The molecule has 2 aromatic rings. The molecule has 21 heavy (non-hydrogen) atoms. The summed E-state index contributed by atoms with van der Waals surface area (Å²) in [5.41, 5.74) is 6.62. The average molecular weight is 307 g/mol. The first-order valence-electron chi connectivity index (χ1n) is 6.34. The number of benzene rings is 1. The number of esters is 1. The summed E-state index contributed by atoms with van der Waals surface area (Å²) in [4.78, 5) is 12.8. The predicted octanol–water partition coefficient (Wildman–Crippen LogP) is 1.60. The van der Waals surface area contributed by atoms with Crippen LogP contribution in [0.5, 0.6) is 0 Å².